The lowest BCUT2D eigenvalue weighted by Gasteiger charge is -2.36. The minimum atomic E-state index is 0. The highest BCUT2D eigenvalue weighted by Gasteiger charge is 2.25. The van der Waals surface area contributed by atoms with E-state index in [0.29, 0.717) is 0 Å². The number of piperidine rings is 2. The van der Waals surface area contributed by atoms with E-state index in [0.717, 1.165) is 12.0 Å². The van der Waals surface area contributed by atoms with Crippen molar-refractivity contribution in [1.29, 1.82) is 0 Å². The van der Waals surface area contributed by atoms with Crippen molar-refractivity contribution in [3.05, 3.63) is 0 Å². The number of fused-ring (bicyclic) bond motifs is 3. The predicted octanol–water partition coefficient (Wildman–Crippen LogP) is 1.57. The van der Waals surface area contributed by atoms with Crippen LogP contribution < -0.4 is 5.32 Å². The molecule has 3 fully saturated rings. The maximum atomic E-state index is 3.52. The second kappa shape index (κ2) is 2.89. The van der Waals surface area contributed by atoms with E-state index in [1.807, 2.05) is 0 Å². The minimum absolute atomic E-state index is 0. The fourth-order valence-corrected chi connectivity index (χ4v) is 1.90. The second-order valence-electron chi connectivity index (χ2n) is 3.13. The maximum absolute atomic E-state index is 3.52. The fraction of sp³-hybridized carbons (Fsp3) is 1.00. The van der Waals surface area contributed by atoms with E-state index >= 15 is 0 Å². The molecule has 2 saturated heterocycles. The summed E-state index contributed by atoms with van der Waals surface area (Å²) in [7, 11) is 0. The molecule has 2 heteroatoms. The number of hydrogen-bond acceptors (Lipinski definition) is 1. The van der Waals surface area contributed by atoms with E-state index in [1.165, 1.54) is 32.2 Å². The van der Waals surface area contributed by atoms with Crippen LogP contribution in [0.15, 0.2) is 0 Å². The van der Waals surface area contributed by atoms with E-state index in [2.05, 4.69) is 5.32 Å². The zero-order chi connectivity index (χ0) is 5.40. The molecule has 1 aliphatic carbocycles. The monoisotopic (exact) mass is 147 g/mol. The Kier molecular flexibility index (Phi) is 2.36. The van der Waals surface area contributed by atoms with Gasteiger partial charge in [-0.25, -0.2) is 0 Å². The average molecular weight is 148 g/mol. The van der Waals surface area contributed by atoms with Crippen LogP contribution in [0, 0.1) is 5.92 Å². The molecule has 54 valence electrons. The van der Waals surface area contributed by atoms with Crippen molar-refractivity contribution >= 4 is 12.4 Å². The lowest BCUT2D eigenvalue weighted by molar-refractivity contribution is 0.213. The van der Waals surface area contributed by atoms with E-state index in [1.54, 1.807) is 0 Å². The topological polar surface area (TPSA) is 12.0 Å². The summed E-state index contributed by atoms with van der Waals surface area (Å²) in [6.45, 7) is 1.31. The quantitative estimate of drug-likeness (QED) is 0.549. The molecule has 0 aromatic heterocycles. The van der Waals surface area contributed by atoms with Crippen LogP contribution in [0.3, 0.4) is 0 Å². The average Bonchev–Trinajstić information content (AvgIpc) is 1.92. The number of hydrogen-bond donors (Lipinski definition) is 1. The molecule has 0 unspecified atom stereocenters. The highest BCUT2D eigenvalue weighted by Crippen LogP contribution is 2.28. The summed E-state index contributed by atoms with van der Waals surface area (Å²) >= 11 is 0. The van der Waals surface area contributed by atoms with Gasteiger partial charge in [-0.1, -0.05) is 0 Å². The molecule has 0 radical (unpaired) electrons. The van der Waals surface area contributed by atoms with Crippen molar-refractivity contribution in [2.24, 2.45) is 5.92 Å². The van der Waals surface area contributed by atoms with Crippen LogP contribution in [0.5, 0.6) is 0 Å². The van der Waals surface area contributed by atoms with Gasteiger partial charge in [0.25, 0.3) is 0 Å². The van der Waals surface area contributed by atoms with Gasteiger partial charge < -0.3 is 5.32 Å². The largest absolute Gasteiger partial charge is 0.314 e. The van der Waals surface area contributed by atoms with Crippen LogP contribution in [0.1, 0.15) is 25.7 Å². The first kappa shape index (κ1) is 7.36. The van der Waals surface area contributed by atoms with Crippen LogP contribution in [0.4, 0.5) is 0 Å². The third-order valence-electron chi connectivity index (χ3n) is 2.54. The van der Waals surface area contributed by atoms with Crippen molar-refractivity contribution in [3.8, 4) is 0 Å². The molecule has 9 heavy (non-hydrogen) atoms. The summed E-state index contributed by atoms with van der Waals surface area (Å²) in [6, 6.07) is 0.903. The first-order valence-electron chi connectivity index (χ1n) is 3.68. The zero-order valence-corrected chi connectivity index (χ0v) is 6.41. The predicted molar refractivity (Wildman–Crippen MR) is 41.0 cm³/mol. The summed E-state index contributed by atoms with van der Waals surface area (Å²) in [5.74, 6) is 1.04. The van der Waals surface area contributed by atoms with Crippen molar-refractivity contribution < 1.29 is 0 Å². The second-order valence-corrected chi connectivity index (χ2v) is 3.13. The fourth-order valence-electron chi connectivity index (χ4n) is 1.90. The molecule has 2 bridgehead atoms. The molecule has 1 nitrogen and oxygen atoms in total. The Morgan fingerprint density at radius 1 is 1.00 bits per heavy atom. The maximum Gasteiger partial charge on any atom is 0.00673 e. The van der Waals surface area contributed by atoms with Gasteiger partial charge in [-0.15, -0.1) is 12.4 Å². The normalized spacial score (nSPS) is 40.0. The van der Waals surface area contributed by atoms with Crippen LogP contribution in [0.25, 0.3) is 0 Å². The lowest BCUT2D eigenvalue weighted by atomic mass is 9.82. The molecule has 0 spiro atoms. The first-order valence-corrected chi connectivity index (χ1v) is 3.68. The van der Waals surface area contributed by atoms with E-state index in [-0.39, 0.29) is 12.4 Å². The molecule has 3 aliphatic rings. The highest BCUT2D eigenvalue weighted by molar-refractivity contribution is 5.85. The van der Waals surface area contributed by atoms with Crippen molar-refractivity contribution in [2.75, 3.05) is 6.54 Å². The number of halogens is 1. The first-order chi connectivity index (χ1) is 3.95. The van der Waals surface area contributed by atoms with E-state index in [4.69, 9.17) is 0 Å². The lowest BCUT2D eigenvalue weighted by Crippen LogP contribution is -2.44. The van der Waals surface area contributed by atoms with Crippen LogP contribution in [-0.2, 0) is 0 Å². The molecule has 3 rings (SSSR count). The molecule has 1 N–H and O–H groups in total. The summed E-state index contributed by atoms with van der Waals surface area (Å²) in [5, 5.41) is 3.52. The van der Waals surface area contributed by atoms with E-state index < -0.39 is 0 Å². The third-order valence-corrected chi connectivity index (χ3v) is 2.54. The Morgan fingerprint density at radius 2 is 1.67 bits per heavy atom. The zero-order valence-electron chi connectivity index (χ0n) is 5.60. The van der Waals surface area contributed by atoms with Crippen molar-refractivity contribution in [1.82, 2.24) is 5.32 Å². The number of rotatable bonds is 0. The standard InChI is InChI=1S/C7H13N.ClH/c1-3-7-4-2-6(1)5-8-7;/h6-8H,1-5H2;1H. The van der Waals surface area contributed by atoms with Gasteiger partial charge in [-0.2, -0.15) is 0 Å². The van der Waals surface area contributed by atoms with Gasteiger partial charge in [0.2, 0.25) is 0 Å². The number of nitrogens with one attached hydrogen (secondary N) is 1. The van der Waals surface area contributed by atoms with Gasteiger partial charge in [-0.3, -0.25) is 0 Å². The molecule has 0 aromatic rings. The third kappa shape index (κ3) is 1.39. The van der Waals surface area contributed by atoms with Gasteiger partial charge in [0.15, 0.2) is 0 Å². The summed E-state index contributed by atoms with van der Waals surface area (Å²) < 4.78 is 0. The molecule has 2 heterocycles. The van der Waals surface area contributed by atoms with Crippen LogP contribution >= 0.6 is 12.4 Å². The van der Waals surface area contributed by atoms with Crippen molar-refractivity contribution in [2.45, 2.75) is 31.7 Å². The Bertz CT molecular complexity index is 63.9. The summed E-state index contributed by atoms with van der Waals surface area (Å²) in [5.41, 5.74) is 0. The molecule has 0 aromatic carbocycles. The van der Waals surface area contributed by atoms with Gasteiger partial charge in [-0.05, 0) is 38.1 Å². The molecule has 0 amide bonds. The Morgan fingerprint density at radius 3 is 1.78 bits per heavy atom. The minimum Gasteiger partial charge on any atom is -0.314 e. The molecular formula is C7H14ClN. The SMILES string of the molecule is C1CC2CCC1CN2.Cl. The summed E-state index contributed by atoms with van der Waals surface area (Å²) in [6.07, 6.45) is 5.89. The van der Waals surface area contributed by atoms with Gasteiger partial charge in [0.1, 0.15) is 0 Å². The van der Waals surface area contributed by atoms with Gasteiger partial charge >= 0.3 is 0 Å². The Balaban J connectivity index is 0.000000405. The van der Waals surface area contributed by atoms with Crippen LogP contribution in [-0.4, -0.2) is 12.6 Å². The molecule has 0 atom stereocenters. The molecule has 2 aliphatic heterocycles. The summed E-state index contributed by atoms with van der Waals surface area (Å²) in [4.78, 5) is 0. The smallest absolute Gasteiger partial charge is 0.00673 e. The highest BCUT2D eigenvalue weighted by atomic mass is 35.5. The van der Waals surface area contributed by atoms with Crippen LogP contribution in [0.2, 0.25) is 0 Å². The van der Waals surface area contributed by atoms with Crippen molar-refractivity contribution in [3.63, 3.8) is 0 Å². The van der Waals surface area contributed by atoms with E-state index in [9.17, 15) is 0 Å². The Hall–Kier alpha value is 0.250. The Labute approximate surface area is 62.6 Å². The molecular weight excluding hydrogens is 134 g/mol. The van der Waals surface area contributed by atoms with Gasteiger partial charge in [0.05, 0.1) is 0 Å². The molecule has 1 saturated carbocycles. The van der Waals surface area contributed by atoms with Gasteiger partial charge in [0, 0.05) is 6.04 Å².